The third-order valence-electron chi connectivity index (χ3n) is 2.95. The van der Waals surface area contributed by atoms with Crippen molar-refractivity contribution in [1.82, 2.24) is 4.90 Å². The highest BCUT2D eigenvalue weighted by molar-refractivity contribution is 4.76. The Morgan fingerprint density at radius 1 is 1.57 bits per heavy atom. The summed E-state index contributed by atoms with van der Waals surface area (Å²) in [6.07, 6.45) is 5.20. The summed E-state index contributed by atoms with van der Waals surface area (Å²) in [6.45, 7) is 5.48. The van der Waals surface area contributed by atoms with E-state index in [1.807, 2.05) is 0 Å². The van der Waals surface area contributed by atoms with Crippen LogP contribution in [0.4, 0.5) is 0 Å². The minimum Gasteiger partial charge on any atom is -0.380 e. The van der Waals surface area contributed by atoms with Crippen molar-refractivity contribution in [1.29, 1.82) is 0 Å². The summed E-state index contributed by atoms with van der Waals surface area (Å²) in [5.41, 5.74) is 6.02. The van der Waals surface area contributed by atoms with Crippen molar-refractivity contribution in [2.24, 2.45) is 5.73 Å². The second-order valence-electron chi connectivity index (χ2n) is 4.31. The Balaban J connectivity index is 2.22. The molecule has 1 heterocycles. The Bertz CT molecular complexity index is 152. The van der Waals surface area contributed by atoms with Gasteiger partial charge in [0.1, 0.15) is 0 Å². The number of piperidine rings is 1. The molecule has 3 heteroatoms. The average molecular weight is 200 g/mol. The molecule has 0 radical (unpaired) electrons. The van der Waals surface area contributed by atoms with Crippen molar-refractivity contribution in [3.05, 3.63) is 0 Å². The van der Waals surface area contributed by atoms with Crippen molar-refractivity contribution in [2.45, 2.75) is 44.8 Å². The van der Waals surface area contributed by atoms with E-state index in [4.69, 9.17) is 10.5 Å². The molecule has 0 aromatic rings. The van der Waals surface area contributed by atoms with E-state index in [-0.39, 0.29) is 0 Å². The normalized spacial score (nSPS) is 26.4. The molecule has 0 bridgehead atoms. The smallest absolute Gasteiger partial charge is 0.0698 e. The van der Waals surface area contributed by atoms with Crippen LogP contribution in [0.25, 0.3) is 0 Å². The molecule has 3 nitrogen and oxygen atoms in total. The zero-order valence-corrected chi connectivity index (χ0v) is 9.54. The molecule has 1 aliphatic rings. The molecule has 0 aromatic carbocycles. The topological polar surface area (TPSA) is 38.5 Å². The van der Waals surface area contributed by atoms with Crippen LogP contribution in [0, 0.1) is 0 Å². The van der Waals surface area contributed by atoms with E-state index >= 15 is 0 Å². The number of ether oxygens (including phenoxy) is 1. The van der Waals surface area contributed by atoms with Crippen LogP contribution >= 0.6 is 0 Å². The van der Waals surface area contributed by atoms with Crippen LogP contribution in [0.15, 0.2) is 0 Å². The van der Waals surface area contributed by atoms with E-state index in [1.165, 1.54) is 25.8 Å². The van der Waals surface area contributed by atoms with Crippen LogP contribution in [0.5, 0.6) is 0 Å². The van der Waals surface area contributed by atoms with Gasteiger partial charge in [0, 0.05) is 26.2 Å². The molecule has 1 rings (SSSR count). The SMILES string of the molecule is CCCC(N)CN1CCCC(OC)C1. The van der Waals surface area contributed by atoms with Crippen molar-refractivity contribution in [2.75, 3.05) is 26.7 Å². The molecule has 1 aliphatic heterocycles. The standard InChI is InChI=1S/C11H24N2O/c1-3-5-10(12)8-13-7-4-6-11(9-13)14-2/h10-11H,3-9,12H2,1-2H3. The zero-order chi connectivity index (χ0) is 10.4. The Morgan fingerprint density at radius 2 is 2.36 bits per heavy atom. The lowest BCUT2D eigenvalue weighted by atomic mass is 10.1. The van der Waals surface area contributed by atoms with Gasteiger partial charge in [0.25, 0.3) is 0 Å². The third-order valence-corrected chi connectivity index (χ3v) is 2.95. The molecule has 2 N–H and O–H groups in total. The molecule has 84 valence electrons. The number of nitrogens with two attached hydrogens (primary N) is 1. The summed E-state index contributed by atoms with van der Waals surface area (Å²) in [7, 11) is 1.81. The van der Waals surface area contributed by atoms with Crippen LogP contribution in [-0.4, -0.2) is 43.8 Å². The molecule has 2 unspecified atom stereocenters. The zero-order valence-electron chi connectivity index (χ0n) is 9.54. The van der Waals surface area contributed by atoms with Gasteiger partial charge in [-0.05, 0) is 25.8 Å². The van der Waals surface area contributed by atoms with Gasteiger partial charge in [-0.2, -0.15) is 0 Å². The van der Waals surface area contributed by atoms with Crippen molar-refractivity contribution in [3.63, 3.8) is 0 Å². The maximum Gasteiger partial charge on any atom is 0.0698 e. The van der Waals surface area contributed by atoms with Gasteiger partial charge in [-0.25, -0.2) is 0 Å². The number of rotatable bonds is 5. The van der Waals surface area contributed by atoms with Crippen LogP contribution in [0.1, 0.15) is 32.6 Å². The highest BCUT2D eigenvalue weighted by Crippen LogP contribution is 2.12. The summed E-state index contributed by atoms with van der Waals surface area (Å²) >= 11 is 0. The highest BCUT2D eigenvalue weighted by atomic mass is 16.5. The molecule has 0 amide bonds. The van der Waals surface area contributed by atoms with Crippen molar-refractivity contribution >= 4 is 0 Å². The minimum absolute atomic E-state index is 0.343. The van der Waals surface area contributed by atoms with Crippen LogP contribution < -0.4 is 5.73 Å². The quantitative estimate of drug-likeness (QED) is 0.725. The van der Waals surface area contributed by atoms with Gasteiger partial charge in [-0.1, -0.05) is 13.3 Å². The van der Waals surface area contributed by atoms with Gasteiger partial charge in [0.05, 0.1) is 6.10 Å². The third kappa shape index (κ3) is 3.95. The molecular weight excluding hydrogens is 176 g/mol. The Labute approximate surface area is 87.6 Å². The van der Waals surface area contributed by atoms with Gasteiger partial charge < -0.3 is 10.5 Å². The number of hydrogen-bond donors (Lipinski definition) is 1. The monoisotopic (exact) mass is 200 g/mol. The molecule has 0 aliphatic carbocycles. The molecule has 0 spiro atoms. The first-order chi connectivity index (χ1) is 6.76. The fraction of sp³-hybridized carbons (Fsp3) is 1.00. The summed E-state index contributed by atoms with van der Waals surface area (Å²) < 4.78 is 5.38. The predicted molar refractivity (Wildman–Crippen MR) is 59.4 cm³/mol. The first-order valence-electron chi connectivity index (χ1n) is 5.77. The molecular formula is C11H24N2O. The summed E-state index contributed by atoms with van der Waals surface area (Å²) in [5.74, 6) is 0. The molecule has 0 aromatic heterocycles. The number of hydrogen-bond acceptors (Lipinski definition) is 3. The van der Waals surface area contributed by atoms with Gasteiger partial charge in [0.15, 0.2) is 0 Å². The predicted octanol–water partition coefficient (Wildman–Crippen LogP) is 1.22. The van der Waals surface area contributed by atoms with E-state index in [0.717, 1.165) is 19.5 Å². The van der Waals surface area contributed by atoms with Gasteiger partial charge in [0.2, 0.25) is 0 Å². The Morgan fingerprint density at radius 3 is 3.00 bits per heavy atom. The first-order valence-corrected chi connectivity index (χ1v) is 5.77. The van der Waals surface area contributed by atoms with Crippen molar-refractivity contribution < 1.29 is 4.74 Å². The van der Waals surface area contributed by atoms with Gasteiger partial charge in [-0.15, -0.1) is 0 Å². The van der Waals surface area contributed by atoms with Crippen LogP contribution in [0.3, 0.4) is 0 Å². The van der Waals surface area contributed by atoms with Crippen LogP contribution in [0.2, 0.25) is 0 Å². The maximum absolute atomic E-state index is 6.02. The lowest BCUT2D eigenvalue weighted by molar-refractivity contribution is 0.0292. The molecule has 1 saturated heterocycles. The van der Waals surface area contributed by atoms with Crippen molar-refractivity contribution in [3.8, 4) is 0 Å². The Hall–Kier alpha value is -0.120. The van der Waals surface area contributed by atoms with Crippen LogP contribution in [-0.2, 0) is 4.74 Å². The minimum atomic E-state index is 0.343. The molecule has 14 heavy (non-hydrogen) atoms. The van der Waals surface area contributed by atoms with E-state index < -0.39 is 0 Å². The molecule has 0 saturated carbocycles. The van der Waals surface area contributed by atoms with E-state index in [2.05, 4.69) is 11.8 Å². The first kappa shape index (κ1) is 12.0. The van der Waals surface area contributed by atoms with E-state index in [0.29, 0.717) is 12.1 Å². The van der Waals surface area contributed by atoms with E-state index in [1.54, 1.807) is 7.11 Å². The molecule has 2 atom stereocenters. The fourth-order valence-electron chi connectivity index (χ4n) is 2.17. The lowest BCUT2D eigenvalue weighted by Crippen LogP contribution is -2.45. The Kier molecular flexibility index (Phi) is 5.45. The summed E-state index contributed by atoms with van der Waals surface area (Å²) in [4.78, 5) is 2.44. The highest BCUT2D eigenvalue weighted by Gasteiger charge is 2.20. The number of likely N-dealkylation sites (tertiary alicyclic amines) is 1. The number of nitrogens with zero attached hydrogens (tertiary/aromatic N) is 1. The fourth-order valence-corrected chi connectivity index (χ4v) is 2.17. The largest absolute Gasteiger partial charge is 0.380 e. The van der Waals surface area contributed by atoms with E-state index in [9.17, 15) is 0 Å². The average Bonchev–Trinajstić information content (AvgIpc) is 2.18. The lowest BCUT2D eigenvalue weighted by Gasteiger charge is -2.33. The van der Waals surface area contributed by atoms with Gasteiger partial charge in [-0.3, -0.25) is 4.90 Å². The maximum atomic E-state index is 6.02. The summed E-state index contributed by atoms with van der Waals surface area (Å²) in [5, 5.41) is 0. The second kappa shape index (κ2) is 6.38. The molecule has 1 fully saturated rings. The number of methoxy groups -OCH3 is 1. The summed E-state index contributed by atoms with van der Waals surface area (Å²) in [6, 6.07) is 0.343. The van der Waals surface area contributed by atoms with Gasteiger partial charge >= 0.3 is 0 Å². The second-order valence-corrected chi connectivity index (χ2v) is 4.31.